The number of ether oxygens (including phenoxy) is 2. The zero-order chi connectivity index (χ0) is 19.1. The fourth-order valence-corrected chi connectivity index (χ4v) is 2.50. The molecule has 3 aromatic rings. The van der Waals surface area contributed by atoms with E-state index in [1.54, 1.807) is 0 Å². The molecule has 0 radical (unpaired) electrons. The number of benzene rings is 1. The van der Waals surface area contributed by atoms with Crippen molar-refractivity contribution in [2.75, 3.05) is 14.2 Å². The van der Waals surface area contributed by atoms with Gasteiger partial charge in [0.05, 0.1) is 35.7 Å². The molecule has 0 saturated carbocycles. The van der Waals surface area contributed by atoms with Crippen LogP contribution in [0.15, 0.2) is 33.6 Å². The molecule has 2 aromatic heterocycles. The van der Waals surface area contributed by atoms with Gasteiger partial charge in [-0.05, 0) is 6.07 Å². The third-order valence-corrected chi connectivity index (χ3v) is 3.79. The van der Waals surface area contributed by atoms with Gasteiger partial charge in [-0.1, -0.05) is 11.6 Å². The Bertz CT molecular complexity index is 1050. The second-order valence-electron chi connectivity index (χ2n) is 5.08. The Morgan fingerprint density at radius 2 is 1.77 bits per heavy atom. The summed E-state index contributed by atoms with van der Waals surface area (Å²) in [5.74, 6) is 0.302. The first kappa shape index (κ1) is 18.0. The molecule has 10 heteroatoms. The maximum absolute atomic E-state index is 12.7. The molecule has 0 bridgehead atoms. The highest BCUT2D eigenvalue weighted by Gasteiger charge is 2.32. The van der Waals surface area contributed by atoms with Crippen molar-refractivity contribution in [3.63, 3.8) is 0 Å². The van der Waals surface area contributed by atoms with E-state index in [4.69, 9.17) is 25.5 Å². The number of fused-ring (bicyclic) bond motifs is 1. The fourth-order valence-electron chi connectivity index (χ4n) is 2.25. The molecule has 0 aliphatic rings. The summed E-state index contributed by atoms with van der Waals surface area (Å²) in [7, 11) is 2.81. The van der Waals surface area contributed by atoms with Gasteiger partial charge >= 0.3 is 11.8 Å². The van der Waals surface area contributed by atoms with Crippen molar-refractivity contribution in [2.45, 2.75) is 6.18 Å². The molecule has 0 saturated heterocycles. The maximum Gasteiger partial charge on any atom is 0.417 e. The molecule has 6 nitrogen and oxygen atoms in total. The molecule has 3 rings (SSSR count). The minimum absolute atomic E-state index is 0.106. The van der Waals surface area contributed by atoms with Crippen molar-refractivity contribution in [1.82, 2.24) is 9.97 Å². The first-order valence-electron chi connectivity index (χ1n) is 7.04. The molecule has 0 aliphatic heterocycles. The third kappa shape index (κ3) is 3.17. The topological polar surface area (TPSA) is 74.5 Å². The highest BCUT2D eigenvalue weighted by Crippen LogP contribution is 2.34. The normalized spacial score (nSPS) is 11.6. The summed E-state index contributed by atoms with van der Waals surface area (Å²) >= 11 is 5.87. The van der Waals surface area contributed by atoms with Gasteiger partial charge in [0.15, 0.2) is 11.5 Å². The molecule has 136 valence electrons. The summed E-state index contributed by atoms with van der Waals surface area (Å²) in [5.41, 5.74) is -1.80. The van der Waals surface area contributed by atoms with E-state index in [-0.39, 0.29) is 27.5 Å². The Kier molecular flexibility index (Phi) is 4.49. The van der Waals surface area contributed by atoms with Gasteiger partial charge in [0.2, 0.25) is 0 Å². The maximum atomic E-state index is 12.7. The van der Waals surface area contributed by atoms with Crippen molar-refractivity contribution < 1.29 is 27.1 Å². The lowest BCUT2D eigenvalue weighted by atomic mass is 10.2. The van der Waals surface area contributed by atoms with Crippen LogP contribution in [-0.4, -0.2) is 24.2 Å². The summed E-state index contributed by atoms with van der Waals surface area (Å²) in [6.45, 7) is 0. The Labute approximate surface area is 149 Å². The highest BCUT2D eigenvalue weighted by molar-refractivity contribution is 6.32. The van der Waals surface area contributed by atoms with Crippen LogP contribution in [-0.2, 0) is 6.18 Å². The van der Waals surface area contributed by atoms with Crippen molar-refractivity contribution in [2.24, 2.45) is 0 Å². The number of aromatic nitrogens is 2. The van der Waals surface area contributed by atoms with Gasteiger partial charge < -0.3 is 13.9 Å². The Hall–Kier alpha value is -2.81. The average Bonchev–Trinajstić information content (AvgIpc) is 2.59. The van der Waals surface area contributed by atoms with Crippen molar-refractivity contribution in [1.29, 1.82) is 0 Å². The van der Waals surface area contributed by atoms with Crippen LogP contribution in [0.2, 0.25) is 5.02 Å². The minimum Gasteiger partial charge on any atom is -0.493 e. The van der Waals surface area contributed by atoms with E-state index in [1.807, 2.05) is 0 Å². The second kappa shape index (κ2) is 6.49. The Morgan fingerprint density at radius 3 is 2.35 bits per heavy atom. The number of rotatable bonds is 3. The van der Waals surface area contributed by atoms with Crippen molar-refractivity contribution >= 4 is 22.5 Å². The molecule has 0 spiro atoms. The summed E-state index contributed by atoms with van der Waals surface area (Å²) in [6.07, 6.45) is -4.02. The van der Waals surface area contributed by atoms with E-state index in [0.717, 1.165) is 0 Å². The van der Waals surface area contributed by atoms with Crippen LogP contribution in [0, 0.1) is 0 Å². The molecule has 0 aliphatic carbocycles. The number of methoxy groups -OCH3 is 2. The van der Waals surface area contributed by atoms with Gasteiger partial charge in [-0.15, -0.1) is 0 Å². The van der Waals surface area contributed by atoms with Crippen LogP contribution in [0.5, 0.6) is 11.5 Å². The molecule has 0 unspecified atom stereocenters. The number of alkyl halides is 3. The van der Waals surface area contributed by atoms with Gasteiger partial charge in [-0.25, -0.2) is 14.8 Å². The van der Waals surface area contributed by atoms with Gasteiger partial charge in [-0.3, -0.25) is 0 Å². The van der Waals surface area contributed by atoms with Crippen LogP contribution < -0.4 is 15.1 Å². The zero-order valence-corrected chi connectivity index (χ0v) is 14.1. The lowest BCUT2D eigenvalue weighted by Crippen LogP contribution is -2.07. The fraction of sp³-hybridized carbons (Fsp3) is 0.188. The molecule has 1 aromatic carbocycles. The number of hydrogen-bond donors (Lipinski definition) is 0. The van der Waals surface area contributed by atoms with Gasteiger partial charge in [0.1, 0.15) is 5.69 Å². The second-order valence-corrected chi connectivity index (χ2v) is 5.49. The van der Waals surface area contributed by atoms with Crippen LogP contribution in [0.25, 0.3) is 22.5 Å². The molecular formula is C16H10ClF3N2O4. The van der Waals surface area contributed by atoms with Gasteiger partial charge in [-0.2, -0.15) is 13.2 Å². The van der Waals surface area contributed by atoms with Crippen LogP contribution >= 0.6 is 11.6 Å². The lowest BCUT2D eigenvalue weighted by molar-refractivity contribution is -0.137. The molecule has 0 atom stereocenters. The Balaban J connectivity index is 2.19. The van der Waals surface area contributed by atoms with E-state index in [2.05, 4.69) is 9.97 Å². The smallest absolute Gasteiger partial charge is 0.417 e. The quantitative estimate of drug-likeness (QED) is 0.678. The standard InChI is InChI=1S/C16H10ClF3N2O4/c1-24-11-4-8-10(5-12(11)25-2)22-14(26-15(8)23)13-9(17)3-7(6-21-13)16(18,19)20/h3-6H,1-2H3. The van der Waals surface area contributed by atoms with Crippen LogP contribution in [0.3, 0.4) is 0 Å². The lowest BCUT2D eigenvalue weighted by Gasteiger charge is -2.10. The predicted molar refractivity (Wildman–Crippen MR) is 86.6 cm³/mol. The van der Waals surface area contributed by atoms with E-state index in [1.165, 1.54) is 26.4 Å². The van der Waals surface area contributed by atoms with Crippen LogP contribution in [0.4, 0.5) is 13.2 Å². The summed E-state index contributed by atoms with van der Waals surface area (Å²) < 4.78 is 53.5. The van der Waals surface area contributed by atoms with Gasteiger partial charge in [0.25, 0.3) is 5.89 Å². The first-order valence-corrected chi connectivity index (χ1v) is 7.42. The highest BCUT2D eigenvalue weighted by atomic mass is 35.5. The molecule has 26 heavy (non-hydrogen) atoms. The third-order valence-electron chi connectivity index (χ3n) is 3.50. The zero-order valence-electron chi connectivity index (χ0n) is 13.3. The van der Waals surface area contributed by atoms with Crippen molar-refractivity contribution in [3.05, 3.63) is 45.4 Å². The van der Waals surface area contributed by atoms with E-state index >= 15 is 0 Å². The summed E-state index contributed by atoms with van der Waals surface area (Å²) in [5, 5.41) is -0.246. The van der Waals surface area contributed by atoms with Crippen molar-refractivity contribution in [3.8, 4) is 23.1 Å². The van der Waals surface area contributed by atoms with E-state index < -0.39 is 17.4 Å². The molecule has 0 N–H and O–H groups in total. The number of nitrogens with zero attached hydrogens (tertiary/aromatic N) is 2. The molecule has 0 fully saturated rings. The largest absolute Gasteiger partial charge is 0.493 e. The predicted octanol–water partition coefficient (Wildman–Crippen LogP) is 3.94. The average molecular weight is 387 g/mol. The molecular weight excluding hydrogens is 377 g/mol. The van der Waals surface area contributed by atoms with E-state index in [9.17, 15) is 18.0 Å². The number of hydrogen-bond acceptors (Lipinski definition) is 6. The Morgan fingerprint density at radius 1 is 1.12 bits per heavy atom. The monoisotopic (exact) mass is 386 g/mol. The molecule has 0 amide bonds. The summed E-state index contributed by atoms with van der Waals surface area (Å²) in [6, 6.07) is 3.51. The SMILES string of the molecule is COc1cc2nc(-c3ncc(C(F)(F)F)cc3Cl)oc(=O)c2cc1OC. The first-order chi connectivity index (χ1) is 12.2. The van der Waals surface area contributed by atoms with Gasteiger partial charge in [0, 0.05) is 18.3 Å². The van der Waals surface area contributed by atoms with Crippen LogP contribution in [0.1, 0.15) is 5.56 Å². The van der Waals surface area contributed by atoms with E-state index in [0.29, 0.717) is 23.8 Å². The number of pyridine rings is 1. The molecule has 2 heterocycles. The minimum atomic E-state index is -4.60. The number of halogens is 4. The summed E-state index contributed by atoms with van der Waals surface area (Å²) in [4.78, 5) is 20.0.